The van der Waals surface area contributed by atoms with E-state index in [0.717, 1.165) is 25.7 Å². The monoisotopic (exact) mass is 256 g/mol. The van der Waals surface area contributed by atoms with E-state index >= 15 is 0 Å². The lowest BCUT2D eigenvalue weighted by molar-refractivity contribution is -0.137. The SMILES string of the molecule is CCC/C=C/C(=O)O.CCC/C=C/C(=O)OCC. The van der Waals surface area contributed by atoms with Gasteiger partial charge in [-0.15, -0.1) is 0 Å². The molecule has 0 aliphatic rings. The fourth-order valence-electron chi connectivity index (χ4n) is 0.887. The molecule has 1 N–H and O–H groups in total. The van der Waals surface area contributed by atoms with Gasteiger partial charge in [-0.2, -0.15) is 0 Å². The van der Waals surface area contributed by atoms with E-state index in [1.807, 2.05) is 13.0 Å². The van der Waals surface area contributed by atoms with Crippen molar-refractivity contribution < 1.29 is 19.4 Å². The lowest BCUT2D eigenvalue weighted by Crippen LogP contribution is -1.98. The number of unbranched alkanes of at least 4 members (excludes halogenated alkanes) is 2. The molecule has 0 radical (unpaired) electrons. The largest absolute Gasteiger partial charge is 0.478 e. The Morgan fingerprint density at radius 3 is 1.89 bits per heavy atom. The molecule has 0 amide bonds. The summed E-state index contributed by atoms with van der Waals surface area (Å²) < 4.78 is 4.66. The van der Waals surface area contributed by atoms with Crippen LogP contribution in [0.2, 0.25) is 0 Å². The van der Waals surface area contributed by atoms with E-state index in [-0.39, 0.29) is 5.97 Å². The number of aliphatic carboxylic acids is 1. The second-order valence-corrected chi connectivity index (χ2v) is 3.47. The highest BCUT2D eigenvalue weighted by atomic mass is 16.5. The van der Waals surface area contributed by atoms with Crippen LogP contribution in [0.3, 0.4) is 0 Å². The van der Waals surface area contributed by atoms with Gasteiger partial charge in [-0.3, -0.25) is 0 Å². The molecule has 0 aliphatic heterocycles. The first-order valence-corrected chi connectivity index (χ1v) is 6.31. The summed E-state index contributed by atoms with van der Waals surface area (Å²) in [5.41, 5.74) is 0. The molecule has 0 aromatic heterocycles. The van der Waals surface area contributed by atoms with Crippen LogP contribution < -0.4 is 0 Å². The van der Waals surface area contributed by atoms with Gasteiger partial charge in [0.05, 0.1) is 6.61 Å². The highest BCUT2D eigenvalue weighted by Gasteiger charge is 1.90. The van der Waals surface area contributed by atoms with Gasteiger partial charge in [-0.1, -0.05) is 38.8 Å². The lowest BCUT2D eigenvalue weighted by Gasteiger charge is -1.93. The zero-order chi connectivity index (χ0) is 14.2. The van der Waals surface area contributed by atoms with Gasteiger partial charge in [-0.25, -0.2) is 9.59 Å². The molecule has 0 heterocycles. The van der Waals surface area contributed by atoms with Gasteiger partial charge in [0.2, 0.25) is 0 Å². The summed E-state index contributed by atoms with van der Waals surface area (Å²) in [6.07, 6.45) is 10.0. The van der Waals surface area contributed by atoms with Gasteiger partial charge in [0.15, 0.2) is 0 Å². The van der Waals surface area contributed by atoms with Crippen LogP contribution in [0.1, 0.15) is 46.5 Å². The number of hydrogen-bond acceptors (Lipinski definition) is 3. The predicted octanol–water partition coefficient (Wildman–Crippen LogP) is 3.33. The normalized spacial score (nSPS) is 10.2. The van der Waals surface area contributed by atoms with Gasteiger partial charge in [0.1, 0.15) is 0 Å². The van der Waals surface area contributed by atoms with Gasteiger partial charge in [0, 0.05) is 12.2 Å². The Kier molecular flexibility index (Phi) is 16.1. The van der Waals surface area contributed by atoms with Crippen LogP contribution in [0.5, 0.6) is 0 Å². The summed E-state index contributed by atoms with van der Waals surface area (Å²) in [4.78, 5) is 20.4. The number of esters is 1. The highest BCUT2D eigenvalue weighted by molar-refractivity contribution is 5.81. The van der Waals surface area contributed by atoms with Crippen LogP contribution in [0, 0.1) is 0 Å². The fourth-order valence-corrected chi connectivity index (χ4v) is 0.887. The number of ether oxygens (including phenoxy) is 1. The van der Waals surface area contributed by atoms with E-state index in [1.165, 1.54) is 12.2 Å². The van der Waals surface area contributed by atoms with Crippen LogP contribution in [-0.2, 0) is 14.3 Å². The van der Waals surface area contributed by atoms with Crippen LogP contribution in [0.15, 0.2) is 24.3 Å². The summed E-state index contributed by atoms with van der Waals surface area (Å²) in [5, 5.41) is 8.05. The Morgan fingerprint density at radius 1 is 1.00 bits per heavy atom. The van der Waals surface area contributed by atoms with Crippen molar-refractivity contribution in [2.75, 3.05) is 6.61 Å². The summed E-state index contributed by atoms with van der Waals surface area (Å²) in [6.45, 7) is 6.32. The van der Waals surface area contributed by atoms with Gasteiger partial charge in [-0.05, 0) is 19.8 Å². The number of carbonyl (C=O) groups excluding carboxylic acids is 1. The van der Waals surface area contributed by atoms with E-state index in [0.29, 0.717) is 6.61 Å². The maximum Gasteiger partial charge on any atom is 0.330 e. The fraction of sp³-hybridized carbons (Fsp3) is 0.571. The van der Waals surface area contributed by atoms with Crippen LogP contribution in [-0.4, -0.2) is 23.7 Å². The molecule has 4 heteroatoms. The molecule has 0 fully saturated rings. The molecule has 0 bridgehead atoms. The van der Waals surface area contributed by atoms with Gasteiger partial charge < -0.3 is 9.84 Å². The number of carbonyl (C=O) groups is 2. The van der Waals surface area contributed by atoms with E-state index in [9.17, 15) is 9.59 Å². The number of rotatable bonds is 7. The molecule has 0 aromatic carbocycles. The van der Waals surface area contributed by atoms with E-state index in [2.05, 4.69) is 11.7 Å². The molecule has 4 nitrogen and oxygen atoms in total. The first kappa shape index (κ1) is 18.8. The number of carboxylic acids is 1. The Bertz CT molecular complexity index is 267. The minimum atomic E-state index is -0.863. The lowest BCUT2D eigenvalue weighted by atomic mass is 10.3. The second kappa shape index (κ2) is 15.4. The predicted molar refractivity (Wildman–Crippen MR) is 72.4 cm³/mol. The molecule has 104 valence electrons. The maximum absolute atomic E-state index is 10.6. The summed E-state index contributed by atoms with van der Waals surface area (Å²) >= 11 is 0. The molecule has 0 atom stereocenters. The Hall–Kier alpha value is -1.58. The van der Waals surface area contributed by atoms with Crippen LogP contribution in [0.4, 0.5) is 0 Å². The quantitative estimate of drug-likeness (QED) is 0.560. The zero-order valence-electron chi connectivity index (χ0n) is 11.5. The van der Waals surface area contributed by atoms with E-state index in [4.69, 9.17) is 5.11 Å². The first-order chi connectivity index (χ1) is 8.58. The Labute approximate surface area is 109 Å². The highest BCUT2D eigenvalue weighted by Crippen LogP contribution is 1.89. The van der Waals surface area contributed by atoms with Gasteiger partial charge in [0.25, 0.3) is 0 Å². The van der Waals surface area contributed by atoms with Crippen molar-refractivity contribution in [1.29, 1.82) is 0 Å². The van der Waals surface area contributed by atoms with E-state index in [1.54, 1.807) is 13.0 Å². The average molecular weight is 256 g/mol. The van der Waals surface area contributed by atoms with Crippen molar-refractivity contribution in [3.8, 4) is 0 Å². The summed E-state index contributed by atoms with van der Waals surface area (Å²) in [7, 11) is 0. The molecule has 0 rings (SSSR count). The standard InChI is InChI=1S/C8H14O2.C6H10O2/c1-3-5-6-7-8(9)10-4-2;1-2-3-4-5-6(7)8/h6-7H,3-5H2,1-2H3;4-5H,2-3H2,1H3,(H,7,8)/b7-6+;5-4+. The molecular weight excluding hydrogens is 232 g/mol. The molecule has 0 aromatic rings. The summed E-state index contributed by atoms with van der Waals surface area (Å²) in [6, 6.07) is 0. The van der Waals surface area contributed by atoms with Crippen molar-refractivity contribution >= 4 is 11.9 Å². The summed E-state index contributed by atoms with van der Waals surface area (Å²) in [5.74, 6) is -1.10. The number of hydrogen-bond donors (Lipinski definition) is 1. The molecule has 0 aliphatic carbocycles. The number of carboxylic acid groups (broad SMARTS) is 1. The smallest absolute Gasteiger partial charge is 0.330 e. The molecule has 18 heavy (non-hydrogen) atoms. The maximum atomic E-state index is 10.6. The Balaban J connectivity index is 0. The third kappa shape index (κ3) is 19.9. The topological polar surface area (TPSA) is 63.6 Å². The van der Waals surface area contributed by atoms with Crippen molar-refractivity contribution in [1.82, 2.24) is 0 Å². The van der Waals surface area contributed by atoms with Gasteiger partial charge >= 0.3 is 11.9 Å². The molecule has 0 unspecified atom stereocenters. The van der Waals surface area contributed by atoms with Crippen molar-refractivity contribution in [2.24, 2.45) is 0 Å². The minimum Gasteiger partial charge on any atom is -0.478 e. The Morgan fingerprint density at radius 2 is 1.50 bits per heavy atom. The second-order valence-electron chi connectivity index (χ2n) is 3.47. The minimum absolute atomic E-state index is 0.240. The third-order valence-corrected chi connectivity index (χ3v) is 1.71. The first-order valence-electron chi connectivity index (χ1n) is 6.31. The molecule has 0 saturated carbocycles. The molecular formula is C14H24O4. The van der Waals surface area contributed by atoms with Crippen molar-refractivity contribution in [2.45, 2.75) is 46.5 Å². The van der Waals surface area contributed by atoms with Crippen molar-refractivity contribution in [3.05, 3.63) is 24.3 Å². The third-order valence-electron chi connectivity index (χ3n) is 1.71. The van der Waals surface area contributed by atoms with Crippen LogP contribution in [0.25, 0.3) is 0 Å². The molecule has 0 saturated heterocycles. The van der Waals surface area contributed by atoms with Crippen LogP contribution >= 0.6 is 0 Å². The number of allylic oxidation sites excluding steroid dienone is 2. The zero-order valence-corrected chi connectivity index (χ0v) is 11.5. The molecule has 0 spiro atoms. The average Bonchev–Trinajstić information content (AvgIpc) is 2.30. The van der Waals surface area contributed by atoms with Crippen molar-refractivity contribution in [3.63, 3.8) is 0 Å². The van der Waals surface area contributed by atoms with E-state index < -0.39 is 5.97 Å².